The summed E-state index contributed by atoms with van der Waals surface area (Å²) < 4.78 is 5.26. The SMILES string of the molecule is COc1cc2c(NC(C)c3cccc(C#N)c3C)nnc(C)c2cc1C(=O)O. The van der Waals surface area contributed by atoms with Crippen LogP contribution < -0.4 is 10.1 Å². The monoisotopic (exact) mass is 376 g/mol. The number of carboxylic acid groups (broad SMARTS) is 1. The van der Waals surface area contributed by atoms with Crippen molar-refractivity contribution in [2.24, 2.45) is 0 Å². The Labute approximate surface area is 162 Å². The summed E-state index contributed by atoms with van der Waals surface area (Å²) in [5.41, 5.74) is 3.20. The van der Waals surface area contributed by atoms with Crippen LogP contribution >= 0.6 is 0 Å². The molecule has 2 aromatic carbocycles. The number of hydrogen-bond donors (Lipinski definition) is 2. The van der Waals surface area contributed by atoms with Crippen molar-refractivity contribution in [3.63, 3.8) is 0 Å². The van der Waals surface area contributed by atoms with Gasteiger partial charge in [-0.1, -0.05) is 12.1 Å². The Morgan fingerprint density at radius 1 is 1.25 bits per heavy atom. The summed E-state index contributed by atoms with van der Waals surface area (Å²) in [6.45, 7) is 5.66. The molecule has 0 bridgehead atoms. The number of aromatic nitrogens is 2. The highest BCUT2D eigenvalue weighted by molar-refractivity contribution is 6.01. The molecule has 142 valence electrons. The van der Waals surface area contributed by atoms with Crippen molar-refractivity contribution in [2.75, 3.05) is 12.4 Å². The molecule has 0 spiro atoms. The van der Waals surface area contributed by atoms with Gasteiger partial charge in [-0.15, -0.1) is 5.10 Å². The van der Waals surface area contributed by atoms with E-state index >= 15 is 0 Å². The molecular formula is C21H20N4O3. The molecule has 0 aliphatic rings. The number of nitrogens with one attached hydrogen (secondary N) is 1. The standard InChI is InChI=1S/C21H20N4O3/c1-11-14(10-22)6-5-7-15(11)12(2)23-20-17-9-19(28-4)18(21(26)27)8-16(17)13(3)24-25-20/h5-9,12H,1-4H3,(H,23,25)(H,26,27). The van der Waals surface area contributed by atoms with E-state index in [1.807, 2.05) is 26.0 Å². The maximum absolute atomic E-state index is 11.5. The first-order valence-electron chi connectivity index (χ1n) is 8.71. The lowest BCUT2D eigenvalue weighted by Gasteiger charge is -2.19. The largest absolute Gasteiger partial charge is 0.496 e. The van der Waals surface area contributed by atoms with Gasteiger partial charge in [0.25, 0.3) is 0 Å². The lowest BCUT2D eigenvalue weighted by molar-refractivity contribution is 0.0693. The Bertz CT molecular complexity index is 1120. The molecule has 28 heavy (non-hydrogen) atoms. The van der Waals surface area contributed by atoms with E-state index in [1.54, 1.807) is 25.1 Å². The zero-order valence-electron chi connectivity index (χ0n) is 16.1. The first kappa shape index (κ1) is 19.1. The number of carboxylic acids is 1. The molecule has 0 amide bonds. The van der Waals surface area contributed by atoms with E-state index in [2.05, 4.69) is 21.6 Å². The van der Waals surface area contributed by atoms with Crippen molar-refractivity contribution in [2.45, 2.75) is 26.8 Å². The van der Waals surface area contributed by atoms with Gasteiger partial charge in [0.05, 0.1) is 30.5 Å². The molecule has 0 aliphatic carbocycles. The second kappa shape index (κ2) is 7.53. The van der Waals surface area contributed by atoms with Crippen molar-refractivity contribution in [3.05, 3.63) is 58.3 Å². The summed E-state index contributed by atoms with van der Waals surface area (Å²) in [4.78, 5) is 11.5. The van der Waals surface area contributed by atoms with Crippen molar-refractivity contribution in [3.8, 4) is 11.8 Å². The Hall–Kier alpha value is -3.66. The fourth-order valence-electron chi connectivity index (χ4n) is 3.28. The highest BCUT2D eigenvalue weighted by Crippen LogP contribution is 2.33. The van der Waals surface area contributed by atoms with Gasteiger partial charge in [-0.2, -0.15) is 10.4 Å². The zero-order chi connectivity index (χ0) is 20.4. The van der Waals surface area contributed by atoms with E-state index in [-0.39, 0.29) is 17.4 Å². The normalized spacial score (nSPS) is 11.7. The van der Waals surface area contributed by atoms with E-state index < -0.39 is 5.97 Å². The van der Waals surface area contributed by atoms with Crippen LogP contribution in [0.1, 0.15) is 45.7 Å². The van der Waals surface area contributed by atoms with Crippen LogP contribution in [0.4, 0.5) is 5.82 Å². The third-order valence-corrected chi connectivity index (χ3v) is 4.83. The van der Waals surface area contributed by atoms with Crippen molar-refractivity contribution in [1.82, 2.24) is 10.2 Å². The maximum atomic E-state index is 11.5. The van der Waals surface area contributed by atoms with Gasteiger partial charge in [0.1, 0.15) is 11.3 Å². The molecule has 7 nitrogen and oxygen atoms in total. The molecule has 0 saturated carbocycles. The smallest absolute Gasteiger partial charge is 0.339 e. The summed E-state index contributed by atoms with van der Waals surface area (Å²) in [7, 11) is 1.43. The van der Waals surface area contributed by atoms with Crippen LogP contribution in [0.25, 0.3) is 10.8 Å². The third kappa shape index (κ3) is 3.32. The number of anilines is 1. The van der Waals surface area contributed by atoms with Crippen LogP contribution in [0, 0.1) is 25.2 Å². The van der Waals surface area contributed by atoms with Crippen LogP contribution in [0.3, 0.4) is 0 Å². The number of nitrogens with zero attached hydrogens (tertiary/aromatic N) is 3. The molecular weight excluding hydrogens is 356 g/mol. The van der Waals surface area contributed by atoms with E-state index in [9.17, 15) is 15.2 Å². The highest BCUT2D eigenvalue weighted by Gasteiger charge is 2.18. The number of aryl methyl sites for hydroxylation is 1. The summed E-state index contributed by atoms with van der Waals surface area (Å²) in [5.74, 6) is -0.294. The first-order chi connectivity index (χ1) is 13.4. The fourth-order valence-corrected chi connectivity index (χ4v) is 3.28. The number of fused-ring (bicyclic) bond motifs is 1. The maximum Gasteiger partial charge on any atom is 0.339 e. The molecule has 0 aliphatic heterocycles. The number of hydrogen-bond acceptors (Lipinski definition) is 6. The van der Waals surface area contributed by atoms with Crippen LogP contribution in [-0.4, -0.2) is 28.4 Å². The van der Waals surface area contributed by atoms with Gasteiger partial charge in [-0.05, 0) is 50.1 Å². The zero-order valence-corrected chi connectivity index (χ0v) is 16.1. The molecule has 3 rings (SSSR count). The predicted molar refractivity (Wildman–Crippen MR) is 106 cm³/mol. The summed E-state index contributed by atoms with van der Waals surface area (Å²) in [6, 6.07) is 10.9. The predicted octanol–water partition coefficient (Wildman–Crippen LogP) is 4.00. The molecule has 0 fully saturated rings. The number of aromatic carboxylic acids is 1. The van der Waals surface area contributed by atoms with E-state index in [1.165, 1.54) is 7.11 Å². The van der Waals surface area contributed by atoms with E-state index in [0.29, 0.717) is 22.5 Å². The van der Waals surface area contributed by atoms with Gasteiger partial charge in [0.15, 0.2) is 5.82 Å². The Kier molecular flexibility index (Phi) is 5.14. The topological polar surface area (TPSA) is 108 Å². The Morgan fingerprint density at radius 2 is 2.00 bits per heavy atom. The molecule has 3 aromatic rings. The van der Waals surface area contributed by atoms with Crippen molar-refractivity contribution < 1.29 is 14.6 Å². The average Bonchev–Trinajstić information content (AvgIpc) is 2.69. The van der Waals surface area contributed by atoms with Gasteiger partial charge in [-0.3, -0.25) is 0 Å². The first-order valence-corrected chi connectivity index (χ1v) is 8.71. The fraction of sp³-hybridized carbons (Fsp3) is 0.238. The van der Waals surface area contributed by atoms with Crippen LogP contribution in [-0.2, 0) is 0 Å². The van der Waals surface area contributed by atoms with E-state index in [4.69, 9.17) is 4.74 Å². The van der Waals surface area contributed by atoms with E-state index in [0.717, 1.165) is 16.5 Å². The Balaban J connectivity index is 2.10. The molecule has 7 heteroatoms. The molecule has 0 saturated heterocycles. The van der Waals surface area contributed by atoms with Crippen LogP contribution in [0.2, 0.25) is 0 Å². The Morgan fingerprint density at radius 3 is 2.64 bits per heavy atom. The van der Waals surface area contributed by atoms with Crippen molar-refractivity contribution in [1.29, 1.82) is 5.26 Å². The third-order valence-electron chi connectivity index (χ3n) is 4.83. The summed E-state index contributed by atoms with van der Waals surface area (Å²) in [5, 5.41) is 31.9. The minimum absolute atomic E-state index is 0.0719. The summed E-state index contributed by atoms with van der Waals surface area (Å²) >= 11 is 0. The summed E-state index contributed by atoms with van der Waals surface area (Å²) in [6.07, 6.45) is 0. The quantitative estimate of drug-likeness (QED) is 0.693. The molecule has 2 N–H and O–H groups in total. The molecule has 1 unspecified atom stereocenters. The molecule has 0 radical (unpaired) electrons. The highest BCUT2D eigenvalue weighted by atomic mass is 16.5. The number of benzene rings is 2. The van der Waals surface area contributed by atoms with Crippen LogP contribution in [0.5, 0.6) is 5.75 Å². The van der Waals surface area contributed by atoms with Gasteiger partial charge in [-0.25, -0.2) is 4.79 Å². The second-order valence-electron chi connectivity index (χ2n) is 6.53. The number of methoxy groups -OCH3 is 1. The minimum atomic E-state index is -1.07. The lowest BCUT2D eigenvalue weighted by Crippen LogP contribution is -2.12. The van der Waals surface area contributed by atoms with Crippen LogP contribution in [0.15, 0.2) is 30.3 Å². The number of nitriles is 1. The second-order valence-corrected chi connectivity index (χ2v) is 6.53. The van der Waals surface area contributed by atoms with Gasteiger partial charge >= 0.3 is 5.97 Å². The number of ether oxygens (including phenoxy) is 1. The number of carbonyl (C=O) groups is 1. The molecule has 1 atom stereocenters. The van der Waals surface area contributed by atoms with Crippen molar-refractivity contribution >= 4 is 22.6 Å². The number of rotatable bonds is 5. The van der Waals surface area contributed by atoms with Gasteiger partial charge < -0.3 is 15.2 Å². The average molecular weight is 376 g/mol. The minimum Gasteiger partial charge on any atom is -0.496 e. The molecule has 1 heterocycles. The lowest BCUT2D eigenvalue weighted by atomic mass is 9.98. The van der Waals surface area contributed by atoms with Gasteiger partial charge in [0.2, 0.25) is 0 Å². The van der Waals surface area contributed by atoms with Gasteiger partial charge in [0, 0.05) is 10.8 Å². The molecule has 1 aromatic heterocycles.